The molecule has 0 N–H and O–H groups in total. The summed E-state index contributed by atoms with van der Waals surface area (Å²) in [5, 5.41) is 3.80. The lowest BCUT2D eigenvalue weighted by molar-refractivity contribution is -0.176. The van der Waals surface area contributed by atoms with Crippen LogP contribution in [0.15, 0.2) is 107 Å². The molecule has 5 atom stereocenters. The van der Waals surface area contributed by atoms with Gasteiger partial charge in [-0.25, -0.2) is 5.06 Å². The fraction of sp³-hybridized carbons (Fsp3) is 0.632. The third-order valence-electron chi connectivity index (χ3n) is 15.5. The van der Waals surface area contributed by atoms with Crippen LogP contribution >= 0.6 is 15.9 Å². The zero-order chi connectivity index (χ0) is 53.0. The fourth-order valence-electron chi connectivity index (χ4n) is 7.59. The Morgan fingerprint density at radius 3 is 1.52 bits per heavy atom. The van der Waals surface area contributed by atoms with E-state index in [1.54, 1.807) is 7.05 Å². The molecule has 12 heteroatoms. The first-order valence-electron chi connectivity index (χ1n) is 25.4. The molecule has 0 spiro atoms. The molecule has 2 aromatic rings. The quantitative estimate of drug-likeness (QED) is 0.0452. The van der Waals surface area contributed by atoms with E-state index in [1.807, 2.05) is 6.92 Å². The maximum absolute atomic E-state index is 13.3. The lowest BCUT2D eigenvalue weighted by Crippen LogP contribution is -2.66. The Hall–Kier alpha value is -1.98. The highest BCUT2D eigenvalue weighted by atomic mass is 79.9. The summed E-state index contributed by atoms with van der Waals surface area (Å²) in [4.78, 5) is 18.5. The van der Waals surface area contributed by atoms with Gasteiger partial charge in [0.1, 0.15) is 0 Å². The number of hydroxylamine groups is 2. The van der Waals surface area contributed by atoms with Crippen LogP contribution in [0.3, 0.4) is 0 Å². The second kappa shape index (κ2) is 25.8. The largest absolute Gasteiger partial charge is 0.413 e. The van der Waals surface area contributed by atoms with Gasteiger partial charge in [0, 0.05) is 17.4 Å². The summed E-state index contributed by atoms with van der Waals surface area (Å²) < 4.78 is 30.0. The van der Waals surface area contributed by atoms with E-state index in [4.69, 9.17) is 22.5 Å². The average molecular weight is 1090 g/mol. The molecular formula is C57H98BrNO6Si4. The molecule has 0 unspecified atom stereocenters. The average Bonchev–Trinajstić information content (AvgIpc) is 3.23. The van der Waals surface area contributed by atoms with Gasteiger partial charge in [-0.1, -0.05) is 209 Å². The minimum atomic E-state index is -2.73. The zero-order valence-electron chi connectivity index (χ0n) is 47.7. The number of rotatable bonds is 24. The Balaban J connectivity index is 2.54. The van der Waals surface area contributed by atoms with Crippen molar-refractivity contribution in [3.05, 3.63) is 107 Å². The molecule has 0 saturated carbocycles. The summed E-state index contributed by atoms with van der Waals surface area (Å²) in [6.07, 6.45) is 15.1. The molecule has 0 heterocycles. The molecule has 0 radical (unpaired) electrons. The lowest BCUT2D eigenvalue weighted by Gasteiger charge is -2.44. The van der Waals surface area contributed by atoms with Gasteiger partial charge in [0.25, 0.3) is 14.2 Å². The van der Waals surface area contributed by atoms with E-state index in [-0.39, 0.29) is 56.2 Å². The smallest absolute Gasteiger partial charge is 0.261 e. The van der Waals surface area contributed by atoms with E-state index in [0.717, 1.165) is 23.7 Å². The number of amides is 1. The molecule has 0 aliphatic rings. The van der Waals surface area contributed by atoms with Crippen LogP contribution in [-0.4, -0.2) is 83.3 Å². The predicted octanol–water partition coefficient (Wildman–Crippen LogP) is 15.5. The molecule has 7 nitrogen and oxygen atoms in total. The van der Waals surface area contributed by atoms with E-state index in [0.29, 0.717) is 6.61 Å². The van der Waals surface area contributed by atoms with Gasteiger partial charge < -0.3 is 17.7 Å². The van der Waals surface area contributed by atoms with Crippen LogP contribution < -0.4 is 10.4 Å². The van der Waals surface area contributed by atoms with Crippen molar-refractivity contribution in [2.24, 2.45) is 11.8 Å². The maximum atomic E-state index is 13.3. The maximum Gasteiger partial charge on any atom is 0.261 e. The van der Waals surface area contributed by atoms with Crippen LogP contribution in [0.1, 0.15) is 123 Å². The summed E-state index contributed by atoms with van der Waals surface area (Å²) >= 11 is 3.91. The Bertz CT molecular complexity index is 1970. The first-order valence-corrected chi connectivity index (χ1v) is 36.8. The van der Waals surface area contributed by atoms with E-state index in [1.165, 1.54) is 28.1 Å². The highest BCUT2D eigenvalue weighted by Gasteiger charge is 2.50. The van der Waals surface area contributed by atoms with Gasteiger partial charge in [0.2, 0.25) is 0 Å². The van der Waals surface area contributed by atoms with Crippen LogP contribution in [0.5, 0.6) is 0 Å². The first kappa shape index (κ1) is 63.1. The van der Waals surface area contributed by atoms with Crippen molar-refractivity contribution in [1.82, 2.24) is 5.06 Å². The monoisotopic (exact) mass is 1080 g/mol. The van der Waals surface area contributed by atoms with Gasteiger partial charge in [-0.3, -0.25) is 9.63 Å². The Morgan fingerprint density at radius 1 is 0.667 bits per heavy atom. The standard InChI is InChI=1S/C57H98BrNO6Si4/c1-44(39-41-52(46(3)53(60)59(16)61-17)65-68(22,23)56(10,11)12)32-30-33-47(58)40-42-51(64-67(20,21)55(7,8)9)45(2)50(63-66(18,19)54(4,5)6)38-31-43-62-69(57(13,14)15,48-34-26-24-27-35-48)49-36-28-25-29-37-49/h24-29,31-38,40,42,45-46,50-52H,30,39,41,43H2,1-23H3/b38-31+,42-40+,44-32+,47-33-/t45-,46-,50+,51-,52+/m1/s1. The molecule has 0 fully saturated rings. The Kier molecular flexibility index (Phi) is 23.6. The van der Waals surface area contributed by atoms with Gasteiger partial charge in [-0.15, -0.1) is 0 Å². The predicted molar refractivity (Wildman–Crippen MR) is 311 cm³/mol. The molecule has 69 heavy (non-hydrogen) atoms. The Morgan fingerprint density at radius 2 is 1.10 bits per heavy atom. The number of hydrogen-bond donors (Lipinski definition) is 0. The third-order valence-corrected chi connectivity index (χ3v) is 34.5. The molecule has 0 saturated heterocycles. The van der Waals surface area contributed by atoms with Crippen molar-refractivity contribution >= 4 is 65.5 Å². The van der Waals surface area contributed by atoms with Crippen molar-refractivity contribution < 1.29 is 27.3 Å². The van der Waals surface area contributed by atoms with Crippen LogP contribution in [0.25, 0.3) is 0 Å². The molecular weight excluding hydrogens is 987 g/mol. The van der Waals surface area contributed by atoms with E-state index >= 15 is 0 Å². The number of benzene rings is 2. The van der Waals surface area contributed by atoms with Crippen LogP contribution in [0.4, 0.5) is 0 Å². The molecule has 0 aliphatic heterocycles. The van der Waals surface area contributed by atoms with E-state index in [2.05, 4.69) is 249 Å². The van der Waals surface area contributed by atoms with Gasteiger partial charge in [-0.05, 0) is 102 Å². The Labute approximate surface area is 435 Å². The van der Waals surface area contributed by atoms with Crippen molar-refractivity contribution in [2.45, 2.75) is 201 Å². The molecule has 0 aliphatic carbocycles. The summed E-state index contributed by atoms with van der Waals surface area (Å²) in [5.74, 6) is -0.402. The van der Waals surface area contributed by atoms with E-state index in [9.17, 15) is 4.79 Å². The number of nitrogens with zero attached hydrogens (tertiary/aromatic N) is 1. The second-order valence-electron chi connectivity index (χ2n) is 24.9. The van der Waals surface area contributed by atoms with Crippen molar-refractivity contribution in [2.75, 3.05) is 20.8 Å². The van der Waals surface area contributed by atoms with Gasteiger partial charge in [0.15, 0.2) is 25.0 Å². The molecule has 0 aromatic heterocycles. The summed E-state index contributed by atoms with van der Waals surface area (Å²) in [6, 6.07) is 21.7. The molecule has 2 rings (SSSR count). The lowest BCUT2D eigenvalue weighted by atomic mass is 9.97. The minimum absolute atomic E-state index is 0.00417. The van der Waals surface area contributed by atoms with Crippen LogP contribution in [0, 0.1) is 11.8 Å². The minimum Gasteiger partial charge on any atom is -0.413 e. The van der Waals surface area contributed by atoms with Gasteiger partial charge in [0.05, 0.1) is 37.9 Å². The highest BCUT2D eigenvalue weighted by molar-refractivity contribution is 9.11. The van der Waals surface area contributed by atoms with Crippen molar-refractivity contribution in [1.29, 1.82) is 0 Å². The van der Waals surface area contributed by atoms with Crippen LogP contribution in [0.2, 0.25) is 59.4 Å². The third kappa shape index (κ3) is 17.9. The number of carbonyl (C=O) groups excluding carboxylic acids is 1. The van der Waals surface area contributed by atoms with Gasteiger partial charge in [-0.2, -0.15) is 0 Å². The second-order valence-corrected chi connectivity index (χ2v) is 44.4. The SMILES string of the molecule is CON(C)C(=O)[C@H](C)[C@H](CC/C(C)=C/C/C=C(Br)/C=C/[C@@H](O[Si](C)(C)C(C)(C)C)[C@H](C)[C@H](/C=C/CO[Si](c1ccccc1)(c1ccccc1)C(C)(C)C)O[Si](C)(C)C(C)(C)C)O[Si](C)(C)C(C)(C)C. The van der Waals surface area contributed by atoms with Crippen LogP contribution in [-0.2, 0) is 27.3 Å². The zero-order valence-corrected chi connectivity index (χ0v) is 53.3. The first-order chi connectivity index (χ1) is 31.5. The summed E-state index contributed by atoms with van der Waals surface area (Å²) in [7, 11) is -6.15. The number of carbonyl (C=O) groups is 1. The van der Waals surface area contributed by atoms with Crippen molar-refractivity contribution in [3.8, 4) is 0 Å². The summed E-state index contributed by atoms with van der Waals surface area (Å²) in [5.41, 5.74) is 1.27. The summed E-state index contributed by atoms with van der Waals surface area (Å²) in [6.45, 7) is 48.3. The van der Waals surface area contributed by atoms with Crippen molar-refractivity contribution in [3.63, 3.8) is 0 Å². The number of allylic oxidation sites excluding steroid dienone is 5. The number of halogens is 1. The van der Waals surface area contributed by atoms with E-state index < -0.39 is 33.3 Å². The molecule has 2 aromatic carbocycles. The molecule has 0 bridgehead atoms. The normalized spacial score (nSPS) is 16.8. The number of hydrogen-bond acceptors (Lipinski definition) is 6. The van der Waals surface area contributed by atoms with Gasteiger partial charge >= 0.3 is 0 Å². The topological polar surface area (TPSA) is 66.5 Å². The fourth-order valence-corrected chi connectivity index (χ4v) is 16.5. The molecule has 1 amide bonds. The highest BCUT2D eigenvalue weighted by Crippen LogP contribution is 2.43. The molecule has 390 valence electrons.